The summed E-state index contributed by atoms with van der Waals surface area (Å²) in [6.45, 7) is 9.15. The lowest BCUT2D eigenvalue weighted by Crippen LogP contribution is -2.22. The molecule has 1 aromatic heterocycles. The molecule has 86 valence electrons. The third-order valence-electron chi connectivity index (χ3n) is 2.53. The van der Waals surface area contributed by atoms with Gasteiger partial charge in [0.15, 0.2) is 0 Å². The smallest absolute Gasteiger partial charge is 0.00258 e. The number of hydrogen-bond donors (Lipinski definition) is 1. The molecule has 0 saturated carbocycles. The minimum absolute atomic E-state index is 0.761. The van der Waals surface area contributed by atoms with Crippen molar-refractivity contribution in [1.82, 2.24) is 5.32 Å². The lowest BCUT2D eigenvalue weighted by Gasteiger charge is -2.12. The Morgan fingerprint density at radius 3 is 2.73 bits per heavy atom. The Hall–Kier alpha value is -0.340. The number of nitrogens with one attached hydrogen (secondary N) is 1. The predicted octanol–water partition coefficient (Wildman–Crippen LogP) is 3.56. The first kappa shape index (κ1) is 12.7. The topological polar surface area (TPSA) is 12.0 Å². The first-order valence-electron chi connectivity index (χ1n) is 5.90. The van der Waals surface area contributed by atoms with Crippen LogP contribution < -0.4 is 5.32 Å². The van der Waals surface area contributed by atoms with E-state index in [2.05, 4.69) is 42.9 Å². The Balaban J connectivity index is 2.06. The van der Waals surface area contributed by atoms with E-state index in [1.54, 1.807) is 11.3 Å². The van der Waals surface area contributed by atoms with Crippen molar-refractivity contribution in [2.75, 3.05) is 13.1 Å². The number of thiophene rings is 1. The van der Waals surface area contributed by atoms with Crippen molar-refractivity contribution in [2.24, 2.45) is 11.8 Å². The lowest BCUT2D eigenvalue weighted by atomic mass is 10.00. The van der Waals surface area contributed by atoms with E-state index in [-0.39, 0.29) is 0 Å². The molecule has 1 nitrogen and oxygen atoms in total. The molecule has 1 heterocycles. The van der Waals surface area contributed by atoms with Crippen molar-refractivity contribution in [3.8, 4) is 0 Å². The lowest BCUT2D eigenvalue weighted by molar-refractivity contribution is 0.474. The van der Waals surface area contributed by atoms with Crippen LogP contribution in [0.4, 0.5) is 0 Å². The van der Waals surface area contributed by atoms with Crippen LogP contribution in [-0.4, -0.2) is 13.1 Å². The van der Waals surface area contributed by atoms with E-state index < -0.39 is 0 Å². The van der Waals surface area contributed by atoms with E-state index in [1.165, 1.54) is 18.4 Å². The van der Waals surface area contributed by atoms with Crippen LogP contribution in [0.2, 0.25) is 0 Å². The molecule has 2 heteroatoms. The van der Waals surface area contributed by atoms with Crippen LogP contribution in [0.15, 0.2) is 16.8 Å². The van der Waals surface area contributed by atoms with E-state index in [4.69, 9.17) is 0 Å². The van der Waals surface area contributed by atoms with Gasteiger partial charge in [0.2, 0.25) is 0 Å². The van der Waals surface area contributed by atoms with E-state index in [1.807, 2.05) is 0 Å². The molecule has 15 heavy (non-hydrogen) atoms. The van der Waals surface area contributed by atoms with Crippen LogP contribution in [0.1, 0.15) is 32.8 Å². The molecule has 0 fully saturated rings. The molecule has 0 aliphatic carbocycles. The van der Waals surface area contributed by atoms with Crippen molar-refractivity contribution in [3.05, 3.63) is 22.4 Å². The first-order chi connectivity index (χ1) is 7.18. The van der Waals surface area contributed by atoms with Gasteiger partial charge < -0.3 is 5.32 Å². The summed E-state index contributed by atoms with van der Waals surface area (Å²) in [6, 6.07) is 2.24. The fraction of sp³-hybridized carbons (Fsp3) is 0.692. The molecular weight excluding hydrogens is 202 g/mol. The molecule has 0 amide bonds. The Labute approximate surface area is 97.9 Å². The van der Waals surface area contributed by atoms with Crippen LogP contribution >= 0.6 is 11.3 Å². The summed E-state index contributed by atoms with van der Waals surface area (Å²) in [5.41, 5.74) is 1.50. The van der Waals surface area contributed by atoms with Crippen LogP contribution in [0.3, 0.4) is 0 Å². The van der Waals surface area contributed by atoms with Gasteiger partial charge in [-0.3, -0.25) is 0 Å². The third-order valence-corrected chi connectivity index (χ3v) is 3.26. The summed E-state index contributed by atoms with van der Waals surface area (Å²) in [5, 5.41) is 7.93. The van der Waals surface area contributed by atoms with E-state index in [0.717, 1.165) is 24.9 Å². The number of rotatable bonds is 7. The van der Waals surface area contributed by atoms with Crippen LogP contribution in [0.5, 0.6) is 0 Å². The maximum absolute atomic E-state index is 3.50. The summed E-state index contributed by atoms with van der Waals surface area (Å²) in [6.07, 6.45) is 2.51. The van der Waals surface area contributed by atoms with Gasteiger partial charge in [0, 0.05) is 0 Å². The highest BCUT2D eigenvalue weighted by Gasteiger charge is 2.03. The minimum atomic E-state index is 0.761. The second-order valence-electron chi connectivity index (χ2n) is 4.83. The van der Waals surface area contributed by atoms with Crippen molar-refractivity contribution in [3.63, 3.8) is 0 Å². The van der Waals surface area contributed by atoms with Crippen LogP contribution in [0.25, 0.3) is 0 Å². The molecule has 1 atom stereocenters. The molecule has 1 aromatic rings. The quantitative estimate of drug-likeness (QED) is 0.700. The van der Waals surface area contributed by atoms with Crippen molar-refractivity contribution < 1.29 is 0 Å². The molecule has 0 aliphatic heterocycles. The van der Waals surface area contributed by atoms with Crippen molar-refractivity contribution in [2.45, 2.75) is 33.6 Å². The van der Waals surface area contributed by atoms with Crippen molar-refractivity contribution in [1.29, 1.82) is 0 Å². The third kappa shape index (κ3) is 5.95. The molecule has 0 aromatic carbocycles. The summed E-state index contributed by atoms with van der Waals surface area (Å²) >= 11 is 1.80. The van der Waals surface area contributed by atoms with Gasteiger partial charge in [-0.25, -0.2) is 0 Å². The zero-order valence-electron chi connectivity index (χ0n) is 10.1. The molecule has 0 aliphatic rings. The summed E-state index contributed by atoms with van der Waals surface area (Å²) in [5.74, 6) is 1.55. The van der Waals surface area contributed by atoms with Gasteiger partial charge in [0.05, 0.1) is 0 Å². The van der Waals surface area contributed by atoms with Gasteiger partial charge in [-0.1, -0.05) is 20.8 Å². The Morgan fingerprint density at radius 1 is 1.33 bits per heavy atom. The molecule has 1 unspecified atom stereocenters. The average Bonchev–Trinajstić information content (AvgIpc) is 2.64. The molecular formula is C13H23NS. The SMILES string of the molecule is CC(C)CNCCC(C)Cc1ccsc1. The van der Waals surface area contributed by atoms with Gasteiger partial charge in [-0.2, -0.15) is 11.3 Å². The predicted molar refractivity (Wildman–Crippen MR) is 69.5 cm³/mol. The van der Waals surface area contributed by atoms with Crippen molar-refractivity contribution >= 4 is 11.3 Å². The zero-order valence-corrected chi connectivity index (χ0v) is 10.9. The molecule has 0 bridgehead atoms. The molecule has 0 radical (unpaired) electrons. The molecule has 0 saturated heterocycles. The van der Waals surface area contributed by atoms with E-state index >= 15 is 0 Å². The second-order valence-corrected chi connectivity index (χ2v) is 5.61. The van der Waals surface area contributed by atoms with E-state index in [0.29, 0.717) is 0 Å². The fourth-order valence-corrected chi connectivity index (χ4v) is 2.33. The monoisotopic (exact) mass is 225 g/mol. The average molecular weight is 225 g/mol. The Kier molecular flexibility index (Phi) is 5.96. The molecule has 1 rings (SSSR count). The highest BCUT2D eigenvalue weighted by Crippen LogP contribution is 2.14. The Bertz CT molecular complexity index is 241. The highest BCUT2D eigenvalue weighted by atomic mass is 32.1. The highest BCUT2D eigenvalue weighted by molar-refractivity contribution is 7.07. The standard InChI is InChI=1S/C13H23NS/c1-11(2)9-14-6-4-12(3)8-13-5-7-15-10-13/h5,7,10-12,14H,4,6,8-9H2,1-3H3. The zero-order chi connectivity index (χ0) is 11.1. The maximum atomic E-state index is 3.50. The van der Waals surface area contributed by atoms with Crippen LogP contribution in [0, 0.1) is 11.8 Å². The maximum Gasteiger partial charge on any atom is -0.00258 e. The largest absolute Gasteiger partial charge is 0.316 e. The Morgan fingerprint density at radius 2 is 2.13 bits per heavy atom. The van der Waals surface area contributed by atoms with E-state index in [9.17, 15) is 0 Å². The molecule has 0 spiro atoms. The fourth-order valence-electron chi connectivity index (χ4n) is 1.65. The summed E-state index contributed by atoms with van der Waals surface area (Å²) in [4.78, 5) is 0. The summed E-state index contributed by atoms with van der Waals surface area (Å²) < 4.78 is 0. The normalized spacial score (nSPS) is 13.3. The summed E-state index contributed by atoms with van der Waals surface area (Å²) in [7, 11) is 0. The van der Waals surface area contributed by atoms with Gasteiger partial charge in [-0.05, 0) is 60.2 Å². The molecule has 1 N–H and O–H groups in total. The second kappa shape index (κ2) is 7.02. The van der Waals surface area contributed by atoms with Gasteiger partial charge in [0.25, 0.3) is 0 Å². The van der Waals surface area contributed by atoms with Gasteiger partial charge in [0.1, 0.15) is 0 Å². The van der Waals surface area contributed by atoms with Gasteiger partial charge >= 0.3 is 0 Å². The first-order valence-corrected chi connectivity index (χ1v) is 6.84. The van der Waals surface area contributed by atoms with Crippen LogP contribution in [-0.2, 0) is 6.42 Å². The number of hydrogen-bond acceptors (Lipinski definition) is 2. The minimum Gasteiger partial charge on any atom is -0.316 e. The van der Waals surface area contributed by atoms with Gasteiger partial charge in [-0.15, -0.1) is 0 Å².